The molecule has 1 aromatic heterocycles. The van der Waals surface area contributed by atoms with Gasteiger partial charge in [-0.25, -0.2) is 0 Å². The number of hydrogen-bond acceptors (Lipinski definition) is 5. The maximum absolute atomic E-state index is 12.7. The van der Waals surface area contributed by atoms with E-state index in [1.165, 1.54) is 6.26 Å². The summed E-state index contributed by atoms with van der Waals surface area (Å²) in [5.74, 6) is 0.622. The minimum Gasteiger partial charge on any atom is -0.479 e. The zero-order valence-electron chi connectivity index (χ0n) is 16.2. The number of piperazine rings is 1. The van der Waals surface area contributed by atoms with Gasteiger partial charge in [0.1, 0.15) is 5.75 Å². The monoisotopic (exact) mass is 397 g/mol. The third-order valence-electron chi connectivity index (χ3n) is 5.27. The van der Waals surface area contributed by atoms with Gasteiger partial charge in [0.2, 0.25) is 5.91 Å². The van der Waals surface area contributed by atoms with Crippen molar-refractivity contribution in [2.24, 2.45) is 0 Å². The van der Waals surface area contributed by atoms with E-state index in [2.05, 4.69) is 0 Å². The second kappa shape index (κ2) is 7.98. The number of carbonyl (C=O) groups excluding carboxylic acids is 3. The molecule has 0 radical (unpaired) electrons. The Morgan fingerprint density at radius 1 is 1.03 bits per heavy atom. The van der Waals surface area contributed by atoms with Crippen molar-refractivity contribution in [1.82, 2.24) is 9.80 Å². The summed E-state index contributed by atoms with van der Waals surface area (Å²) in [6.07, 6.45) is 1.12. The van der Waals surface area contributed by atoms with Gasteiger partial charge in [0.25, 0.3) is 11.8 Å². The van der Waals surface area contributed by atoms with Crippen molar-refractivity contribution < 1.29 is 23.5 Å². The standard InChI is InChI=1S/C21H23N3O5/c1-15-20(26)24(16-5-2-3-6-17(16)29-15)9-8-19(25)22-10-12-23(13-11-22)21(27)18-7-4-14-28-18/h2-7,14-15H,8-13H2,1H3/t15-/m1/s1. The van der Waals surface area contributed by atoms with Crippen LogP contribution < -0.4 is 9.64 Å². The average Bonchev–Trinajstić information content (AvgIpc) is 3.28. The quantitative estimate of drug-likeness (QED) is 0.785. The summed E-state index contributed by atoms with van der Waals surface area (Å²) in [6, 6.07) is 10.7. The molecule has 8 heteroatoms. The van der Waals surface area contributed by atoms with Gasteiger partial charge in [-0.3, -0.25) is 14.4 Å². The zero-order chi connectivity index (χ0) is 20.4. The van der Waals surface area contributed by atoms with Crippen LogP contribution in [0.3, 0.4) is 0 Å². The fourth-order valence-electron chi connectivity index (χ4n) is 3.67. The molecule has 8 nitrogen and oxygen atoms in total. The molecule has 2 aliphatic heterocycles. The number of para-hydroxylation sites is 2. The Hall–Kier alpha value is -3.29. The van der Waals surface area contributed by atoms with Gasteiger partial charge in [-0.05, 0) is 31.2 Å². The van der Waals surface area contributed by atoms with Crippen molar-refractivity contribution in [2.75, 3.05) is 37.6 Å². The number of nitrogens with zero attached hydrogens (tertiary/aromatic N) is 3. The SMILES string of the molecule is C[C@H]1Oc2ccccc2N(CCC(=O)N2CCN(C(=O)c3ccco3)CC2)C1=O. The van der Waals surface area contributed by atoms with Crippen LogP contribution in [0.1, 0.15) is 23.9 Å². The molecule has 1 fully saturated rings. The molecule has 1 saturated heterocycles. The highest BCUT2D eigenvalue weighted by molar-refractivity contribution is 6.00. The van der Waals surface area contributed by atoms with Crippen LogP contribution >= 0.6 is 0 Å². The Morgan fingerprint density at radius 3 is 2.48 bits per heavy atom. The average molecular weight is 397 g/mol. The molecular weight excluding hydrogens is 374 g/mol. The van der Waals surface area contributed by atoms with Crippen LogP contribution in [0.5, 0.6) is 5.75 Å². The van der Waals surface area contributed by atoms with Gasteiger partial charge in [-0.2, -0.15) is 0 Å². The number of carbonyl (C=O) groups is 3. The van der Waals surface area contributed by atoms with E-state index in [1.54, 1.807) is 33.8 Å². The summed E-state index contributed by atoms with van der Waals surface area (Å²) < 4.78 is 10.8. The third kappa shape index (κ3) is 3.83. The first-order chi connectivity index (χ1) is 14.0. The fraction of sp³-hybridized carbons (Fsp3) is 0.381. The molecule has 29 heavy (non-hydrogen) atoms. The Morgan fingerprint density at radius 2 is 1.76 bits per heavy atom. The summed E-state index contributed by atoms with van der Waals surface area (Å²) in [7, 11) is 0. The third-order valence-corrected chi connectivity index (χ3v) is 5.27. The minimum absolute atomic E-state index is 0.0282. The van der Waals surface area contributed by atoms with Crippen molar-refractivity contribution in [3.63, 3.8) is 0 Å². The first-order valence-corrected chi connectivity index (χ1v) is 9.72. The Balaban J connectivity index is 1.33. The predicted molar refractivity (Wildman–Crippen MR) is 105 cm³/mol. The van der Waals surface area contributed by atoms with Gasteiger partial charge in [0, 0.05) is 39.1 Å². The van der Waals surface area contributed by atoms with E-state index in [1.807, 2.05) is 24.3 Å². The molecule has 2 aromatic rings. The normalized spacial score (nSPS) is 19.0. The van der Waals surface area contributed by atoms with Crippen molar-refractivity contribution >= 4 is 23.4 Å². The number of anilines is 1. The second-order valence-corrected chi connectivity index (χ2v) is 7.12. The van der Waals surface area contributed by atoms with Gasteiger partial charge in [-0.1, -0.05) is 12.1 Å². The lowest BCUT2D eigenvalue weighted by atomic mass is 10.1. The molecule has 3 heterocycles. The molecule has 2 aliphatic rings. The lowest BCUT2D eigenvalue weighted by Crippen LogP contribution is -2.51. The van der Waals surface area contributed by atoms with E-state index < -0.39 is 6.10 Å². The van der Waals surface area contributed by atoms with Gasteiger partial charge >= 0.3 is 0 Å². The molecule has 0 N–H and O–H groups in total. The van der Waals surface area contributed by atoms with Crippen LogP contribution in [-0.2, 0) is 9.59 Å². The van der Waals surface area contributed by atoms with Crippen molar-refractivity contribution in [3.05, 3.63) is 48.4 Å². The molecule has 0 spiro atoms. The zero-order valence-corrected chi connectivity index (χ0v) is 16.2. The van der Waals surface area contributed by atoms with E-state index in [0.29, 0.717) is 49.9 Å². The second-order valence-electron chi connectivity index (χ2n) is 7.12. The van der Waals surface area contributed by atoms with Crippen LogP contribution in [0.25, 0.3) is 0 Å². The topological polar surface area (TPSA) is 83.3 Å². The number of fused-ring (bicyclic) bond motifs is 1. The Bertz CT molecular complexity index is 903. The van der Waals surface area contributed by atoms with Gasteiger partial charge < -0.3 is 23.9 Å². The summed E-state index contributed by atoms with van der Waals surface area (Å²) >= 11 is 0. The highest BCUT2D eigenvalue weighted by atomic mass is 16.5. The first kappa shape index (κ1) is 19.0. The molecule has 0 unspecified atom stereocenters. The Kier molecular flexibility index (Phi) is 5.24. The van der Waals surface area contributed by atoms with Crippen LogP contribution in [0, 0.1) is 0 Å². The van der Waals surface area contributed by atoms with E-state index in [0.717, 1.165) is 0 Å². The van der Waals surface area contributed by atoms with E-state index in [-0.39, 0.29) is 24.1 Å². The van der Waals surface area contributed by atoms with Gasteiger partial charge in [0.05, 0.1) is 12.0 Å². The van der Waals surface area contributed by atoms with E-state index in [4.69, 9.17) is 9.15 Å². The molecule has 0 bridgehead atoms. The lowest BCUT2D eigenvalue weighted by Gasteiger charge is -2.36. The van der Waals surface area contributed by atoms with Gasteiger partial charge in [0.15, 0.2) is 11.9 Å². The summed E-state index contributed by atoms with van der Waals surface area (Å²) in [5, 5.41) is 0. The van der Waals surface area contributed by atoms with Crippen molar-refractivity contribution in [3.8, 4) is 5.75 Å². The highest BCUT2D eigenvalue weighted by Crippen LogP contribution is 2.33. The predicted octanol–water partition coefficient (Wildman–Crippen LogP) is 1.77. The number of ether oxygens (including phenoxy) is 1. The summed E-state index contributed by atoms with van der Waals surface area (Å²) in [4.78, 5) is 42.6. The number of benzene rings is 1. The molecule has 0 saturated carbocycles. The molecule has 1 atom stereocenters. The number of furan rings is 1. The molecule has 3 amide bonds. The number of amides is 3. The maximum atomic E-state index is 12.7. The smallest absolute Gasteiger partial charge is 0.289 e. The van der Waals surface area contributed by atoms with Gasteiger partial charge in [-0.15, -0.1) is 0 Å². The van der Waals surface area contributed by atoms with Crippen molar-refractivity contribution in [2.45, 2.75) is 19.4 Å². The van der Waals surface area contributed by atoms with Crippen LogP contribution in [0.15, 0.2) is 47.1 Å². The fourth-order valence-corrected chi connectivity index (χ4v) is 3.67. The molecule has 0 aliphatic carbocycles. The van der Waals surface area contributed by atoms with E-state index in [9.17, 15) is 14.4 Å². The van der Waals surface area contributed by atoms with Crippen molar-refractivity contribution in [1.29, 1.82) is 0 Å². The Labute approximate surface area is 168 Å². The first-order valence-electron chi connectivity index (χ1n) is 9.72. The number of hydrogen-bond donors (Lipinski definition) is 0. The van der Waals surface area contributed by atoms with E-state index >= 15 is 0 Å². The lowest BCUT2D eigenvalue weighted by molar-refractivity contribution is -0.132. The number of rotatable bonds is 4. The van der Waals surface area contributed by atoms with Crippen LogP contribution in [-0.4, -0.2) is 66.3 Å². The molecular formula is C21H23N3O5. The maximum Gasteiger partial charge on any atom is 0.289 e. The van der Waals surface area contributed by atoms with Crippen LogP contribution in [0.4, 0.5) is 5.69 Å². The summed E-state index contributed by atoms with van der Waals surface area (Å²) in [6.45, 7) is 3.87. The highest BCUT2D eigenvalue weighted by Gasteiger charge is 2.32. The molecule has 1 aromatic carbocycles. The molecule has 4 rings (SSSR count). The van der Waals surface area contributed by atoms with Crippen LogP contribution in [0.2, 0.25) is 0 Å². The summed E-state index contributed by atoms with van der Waals surface area (Å²) in [5.41, 5.74) is 0.692. The minimum atomic E-state index is -0.573. The largest absolute Gasteiger partial charge is 0.479 e. The molecule has 152 valence electrons.